The Balaban J connectivity index is 1.96. The van der Waals surface area contributed by atoms with Crippen LogP contribution in [0.15, 0.2) is 34.7 Å². The molecule has 0 unspecified atom stereocenters. The molecular formula is C14H14N4O2S. The lowest BCUT2D eigenvalue weighted by Crippen LogP contribution is -2.22. The van der Waals surface area contributed by atoms with Crippen LogP contribution in [0.3, 0.4) is 0 Å². The van der Waals surface area contributed by atoms with Crippen molar-refractivity contribution in [3.8, 4) is 5.75 Å². The highest BCUT2D eigenvalue weighted by Crippen LogP contribution is 2.20. The van der Waals surface area contributed by atoms with Gasteiger partial charge in [0.05, 0.1) is 24.6 Å². The van der Waals surface area contributed by atoms with Gasteiger partial charge in [-0.15, -0.1) is 11.3 Å². The van der Waals surface area contributed by atoms with E-state index in [0.717, 1.165) is 5.69 Å². The lowest BCUT2D eigenvalue weighted by molar-refractivity contribution is 0.419. The number of fused-ring (bicyclic) bond motifs is 1. The van der Waals surface area contributed by atoms with Gasteiger partial charge in [0.15, 0.2) is 5.13 Å². The standard InChI is InChI=1S/C14H14N4O2S/c1-20-11-4-2-3-10-12(11)13(19)18(8-16-10)6-5-9-7-21-14(15)17-9/h2-4,7-8H,5-6H2,1H3,(H2,15,17). The molecule has 0 amide bonds. The number of benzene rings is 1. The molecule has 2 aromatic heterocycles. The molecule has 0 radical (unpaired) electrons. The molecule has 0 spiro atoms. The second-order valence-corrected chi connectivity index (χ2v) is 5.41. The number of aryl methyl sites for hydroxylation is 2. The molecule has 0 aliphatic rings. The van der Waals surface area contributed by atoms with E-state index in [0.29, 0.717) is 34.7 Å². The molecule has 0 saturated heterocycles. The highest BCUT2D eigenvalue weighted by atomic mass is 32.1. The highest BCUT2D eigenvalue weighted by molar-refractivity contribution is 7.13. The normalized spacial score (nSPS) is 10.9. The minimum Gasteiger partial charge on any atom is -0.496 e. The predicted molar refractivity (Wildman–Crippen MR) is 82.8 cm³/mol. The number of rotatable bonds is 4. The molecule has 0 aliphatic heterocycles. The van der Waals surface area contributed by atoms with Crippen molar-refractivity contribution in [3.05, 3.63) is 46.0 Å². The maximum absolute atomic E-state index is 12.5. The minimum atomic E-state index is -0.111. The van der Waals surface area contributed by atoms with Gasteiger partial charge < -0.3 is 10.5 Å². The van der Waals surface area contributed by atoms with Crippen LogP contribution in [0.25, 0.3) is 10.9 Å². The molecule has 0 atom stereocenters. The number of ether oxygens (including phenoxy) is 1. The topological polar surface area (TPSA) is 83.0 Å². The Bertz CT molecular complexity index is 840. The van der Waals surface area contributed by atoms with Gasteiger partial charge in [0.25, 0.3) is 5.56 Å². The Kier molecular flexibility index (Phi) is 3.57. The van der Waals surface area contributed by atoms with Gasteiger partial charge in [0.2, 0.25) is 0 Å². The van der Waals surface area contributed by atoms with Gasteiger partial charge in [-0.25, -0.2) is 9.97 Å². The number of nitrogen functional groups attached to an aromatic ring is 1. The molecule has 2 heterocycles. The Labute approximate surface area is 124 Å². The van der Waals surface area contributed by atoms with Gasteiger partial charge >= 0.3 is 0 Å². The number of aromatic nitrogens is 3. The minimum absolute atomic E-state index is 0.111. The monoisotopic (exact) mass is 302 g/mol. The Hall–Kier alpha value is -2.41. The van der Waals surface area contributed by atoms with Crippen LogP contribution in [0.2, 0.25) is 0 Å². The van der Waals surface area contributed by atoms with Crippen LogP contribution in [-0.2, 0) is 13.0 Å². The average molecular weight is 302 g/mol. The van der Waals surface area contributed by atoms with E-state index < -0.39 is 0 Å². The number of nitrogens with zero attached hydrogens (tertiary/aromatic N) is 3. The number of nitrogens with two attached hydrogens (primary N) is 1. The summed E-state index contributed by atoms with van der Waals surface area (Å²) in [5.41, 5.74) is 7.00. The molecule has 3 rings (SSSR count). The molecule has 1 aromatic carbocycles. The summed E-state index contributed by atoms with van der Waals surface area (Å²) in [6.45, 7) is 0.503. The third kappa shape index (κ3) is 2.59. The number of hydrogen-bond donors (Lipinski definition) is 1. The largest absolute Gasteiger partial charge is 0.496 e. The van der Waals surface area contributed by atoms with Crippen molar-refractivity contribution in [2.24, 2.45) is 0 Å². The van der Waals surface area contributed by atoms with E-state index in [-0.39, 0.29) is 5.56 Å². The molecule has 108 valence electrons. The molecule has 0 fully saturated rings. The molecule has 2 N–H and O–H groups in total. The van der Waals surface area contributed by atoms with Crippen molar-refractivity contribution < 1.29 is 4.74 Å². The van der Waals surface area contributed by atoms with E-state index in [4.69, 9.17) is 10.5 Å². The molecule has 21 heavy (non-hydrogen) atoms. The third-order valence-electron chi connectivity index (χ3n) is 3.21. The summed E-state index contributed by atoms with van der Waals surface area (Å²) in [4.78, 5) is 21.0. The van der Waals surface area contributed by atoms with Crippen molar-refractivity contribution in [2.75, 3.05) is 12.8 Å². The summed E-state index contributed by atoms with van der Waals surface area (Å²) < 4.78 is 6.82. The van der Waals surface area contributed by atoms with E-state index in [1.165, 1.54) is 11.3 Å². The van der Waals surface area contributed by atoms with Crippen LogP contribution in [0.5, 0.6) is 5.75 Å². The molecular weight excluding hydrogens is 288 g/mol. The predicted octanol–water partition coefficient (Wildman–Crippen LogP) is 1.69. The zero-order valence-electron chi connectivity index (χ0n) is 11.4. The first-order valence-corrected chi connectivity index (χ1v) is 7.29. The molecule has 7 heteroatoms. The zero-order chi connectivity index (χ0) is 14.8. The van der Waals surface area contributed by atoms with Gasteiger partial charge in [-0.2, -0.15) is 0 Å². The van der Waals surface area contributed by atoms with Crippen LogP contribution in [0, 0.1) is 0 Å². The average Bonchev–Trinajstić information content (AvgIpc) is 2.91. The van der Waals surface area contributed by atoms with E-state index in [9.17, 15) is 4.79 Å². The Morgan fingerprint density at radius 1 is 1.43 bits per heavy atom. The molecule has 3 aromatic rings. The fourth-order valence-electron chi connectivity index (χ4n) is 2.17. The van der Waals surface area contributed by atoms with Crippen molar-refractivity contribution in [1.29, 1.82) is 0 Å². The fraction of sp³-hybridized carbons (Fsp3) is 0.214. The van der Waals surface area contributed by atoms with Crippen LogP contribution in [0.4, 0.5) is 5.13 Å². The maximum atomic E-state index is 12.5. The van der Waals surface area contributed by atoms with E-state index in [1.807, 2.05) is 11.4 Å². The second-order valence-electron chi connectivity index (χ2n) is 4.52. The van der Waals surface area contributed by atoms with E-state index in [2.05, 4.69) is 9.97 Å². The van der Waals surface area contributed by atoms with Gasteiger partial charge in [0.1, 0.15) is 11.1 Å². The van der Waals surface area contributed by atoms with Gasteiger partial charge in [-0.3, -0.25) is 9.36 Å². The number of hydrogen-bond acceptors (Lipinski definition) is 6. The van der Waals surface area contributed by atoms with E-state index in [1.54, 1.807) is 30.1 Å². The summed E-state index contributed by atoms with van der Waals surface area (Å²) in [5, 5.41) is 2.94. The van der Waals surface area contributed by atoms with E-state index >= 15 is 0 Å². The third-order valence-corrected chi connectivity index (χ3v) is 3.94. The first kappa shape index (κ1) is 13.6. The smallest absolute Gasteiger partial charge is 0.264 e. The van der Waals surface area contributed by atoms with Crippen LogP contribution >= 0.6 is 11.3 Å². The summed E-state index contributed by atoms with van der Waals surface area (Å²) in [7, 11) is 1.55. The number of anilines is 1. The van der Waals surface area contributed by atoms with Crippen molar-refractivity contribution in [3.63, 3.8) is 0 Å². The van der Waals surface area contributed by atoms with Crippen LogP contribution in [-0.4, -0.2) is 21.6 Å². The summed E-state index contributed by atoms with van der Waals surface area (Å²) >= 11 is 1.40. The quantitative estimate of drug-likeness (QED) is 0.793. The number of methoxy groups -OCH3 is 1. The summed E-state index contributed by atoms with van der Waals surface area (Å²) in [5.74, 6) is 0.539. The molecule has 6 nitrogen and oxygen atoms in total. The summed E-state index contributed by atoms with van der Waals surface area (Å²) in [6.07, 6.45) is 2.19. The fourth-order valence-corrected chi connectivity index (χ4v) is 2.77. The van der Waals surface area contributed by atoms with Crippen LogP contribution < -0.4 is 16.0 Å². The summed E-state index contributed by atoms with van der Waals surface area (Å²) in [6, 6.07) is 5.37. The Morgan fingerprint density at radius 2 is 2.29 bits per heavy atom. The van der Waals surface area contributed by atoms with Crippen LogP contribution in [0.1, 0.15) is 5.69 Å². The van der Waals surface area contributed by atoms with Crippen molar-refractivity contribution in [2.45, 2.75) is 13.0 Å². The maximum Gasteiger partial charge on any atom is 0.264 e. The van der Waals surface area contributed by atoms with Crippen molar-refractivity contribution in [1.82, 2.24) is 14.5 Å². The lowest BCUT2D eigenvalue weighted by atomic mass is 10.2. The van der Waals surface area contributed by atoms with Gasteiger partial charge in [0, 0.05) is 18.3 Å². The van der Waals surface area contributed by atoms with Crippen molar-refractivity contribution >= 4 is 27.4 Å². The zero-order valence-corrected chi connectivity index (χ0v) is 12.3. The highest BCUT2D eigenvalue weighted by Gasteiger charge is 2.09. The molecule has 0 aliphatic carbocycles. The second kappa shape index (κ2) is 5.53. The first-order valence-electron chi connectivity index (χ1n) is 6.41. The van der Waals surface area contributed by atoms with Gasteiger partial charge in [-0.1, -0.05) is 6.07 Å². The lowest BCUT2D eigenvalue weighted by Gasteiger charge is -2.08. The Morgan fingerprint density at radius 3 is 3.00 bits per heavy atom. The van der Waals surface area contributed by atoms with Gasteiger partial charge in [-0.05, 0) is 12.1 Å². The molecule has 0 bridgehead atoms. The number of thiazole rings is 1. The SMILES string of the molecule is COc1cccc2ncn(CCc3csc(N)n3)c(=O)c12. The first-order chi connectivity index (χ1) is 10.2. The molecule has 0 saturated carbocycles.